The van der Waals surface area contributed by atoms with Crippen molar-refractivity contribution in [3.05, 3.63) is 29.0 Å². The molecule has 0 radical (unpaired) electrons. The van der Waals surface area contributed by atoms with Gasteiger partial charge in [0.05, 0.1) is 0 Å². The van der Waals surface area contributed by atoms with E-state index in [2.05, 4.69) is 15.3 Å². The van der Waals surface area contributed by atoms with Crippen LogP contribution in [0.5, 0.6) is 0 Å². The maximum atomic E-state index is 5.67. The topological polar surface area (TPSA) is 63.3 Å². The fourth-order valence-corrected chi connectivity index (χ4v) is 1.21. The summed E-state index contributed by atoms with van der Waals surface area (Å²) in [5.41, 5.74) is 6.68. The minimum absolute atomic E-state index is 0.486. The summed E-state index contributed by atoms with van der Waals surface area (Å²) in [6, 6.07) is 3.71. The molecule has 0 amide bonds. The molecule has 1 rings (SSSR count). The maximum Gasteiger partial charge on any atom is 0.188 e. The Balaban J connectivity index is 2.37. The lowest BCUT2D eigenvalue weighted by Crippen LogP contribution is -2.31. The van der Waals surface area contributed by atoms with E-state index in [0.717, 1.165) is 18.5 Å². The van der Waals surface area contributed by atoms with Crippen LogP contribution < -0.4 is 11.1 Å². The van der Waals surface area contributed by atoms with Crippen molar-refractivity contribution < 1.29 is 0 Å². The molecule has 82 valence electrons. The highest BCUT2D eigenvalue weighted by molar-refractivity contribution is 6.29. The molecule has 15 heavy (non-hydrogen) atoms. The molecule has 0 aliphatic heterocycles. The number of halogens is 1. The number of nitrogens with zero attached hydrogens (tertiary/aromatic N) is 2. The third-order valence-electron chi connectivity index (χ3n) is 1.83. The third-order valence-corrected chi connectivity index (χ3v) is 2.05. The summed E-state index contributed by atoms with van der Waals surface area (Å²) in [4.78, 5) is 8.14. The van der Waals surface area contributed by atoms with Crippen LogP contribution >= 0.6 is 11.6 Å². The molecule has 1 aromatic rings. The predicted octanol–water partition coefficient (Wildman–Crippen LogP) is 1.20. The van der Waals surface area contributed by atoms with E-state index in [1.165, 1.54) is 0 Å². The molecule has 0 fully saturated rings. The van der Waals surface area contributed by atoms with Gasteiger partial charge in [-0.2, -0.15) is 0 Å². The number of nitrogens with two attached hydrogens (primary N) is 1. The van der Waals surface area contributed by atoms with Crippen molar-refractivity contribution in [2.24, 2.45) is 10.7 Å². The van der Waals surface area contributed by atoms with E-state index in [1.807, 2.05) is 13.0 Å². The van der Waals surface area contributed by atoms with Crippen LogP contribution in [0.25, 0.3) is 0 Å². The normalized spacial score (nSPS) is 11.5. The van der Waals surface area contributed by atoms with Crippen LogP contribution in [0.1, 0.15) is 12.5 Å². The Bertz CT molecular complexity index is 321. The molecular formula is C10H15ClN4. The van der Waals surface area contributed by atoms with Crippen molar-refractivity contribution in [2.45, 2.75) is 13.3 Å². The Morgan fingerprint density at radius 2 is 2.40 bits per heavy atom. The largest absolute Gasteiger partial charge is 0.370 e. The summed E-state index contributed by atoms with van der Waals surface area (Å²) in [6.07, 6.45) is 2.57. The van der Waals surface area contributed by atoms with Gasteiger partial charge in [0.15, 0.2) is 5.96 Å². The first kappa shape index (κ1) is 11.8. The van der Waals surface area contributed by atoms with Crippen molar-refractivity contribution in [2.75, 3.05) is 13.1 Å². The van der Waals surface area contributed by atoms with Gasteiger partial charge in [-0.05, 0) is 25.0 Å². The fourth-order valence-electron chi connectivity index (χ4n) is 1.10. The van der Waals surface area contributed by atoms with Gasteiger partial charge in [0, 0.05) is 19.3 Å². The molecule has 1 aromatic heterocycles. The molecule has 4 nitrogen and oxygen atoms in total. The lowest BCUT2D eigenvalue weighted by Gasteiger charge is -2.01. The SMILES string of the molecule is CCNC(N)=NCCc1ccc(Cl)nc1. The smallest absolute Gasteiger partial charge is 0.188 e. The Morgan fingerprint density at radius 1 is 1.60 bits per heavy atom. The van der Waals surface area contributed by atoms with Crippen LogP contribution in [0.4, 0.5) is 0 Å². The molecule has 0 atom stereocenters. The summed E-state index contributed by atoms with van der Waals surface area (Å²) >= 11 is 5.67. The van der Waals surface area contributed by atoms with Crippen molar-refractivity contribution in [1.29, 1.82) is 0 Å². The quantitative estimate of drug-likeness (QED) is 0.461. The first-order valence-electron chi connectivity index (χ1n) is 4.86. The Labute approximate surface area is 94.6 Å². The first-order chi connectivity index (χ1) is 7.22. The van der Waals surface area contributed by atoms with E-state index < -0.39 is 0 Å². The molecule has 5 heteroatoms. The van der Waals surface area contributed by atoms with E-state index in [9.17, 15) is 0 Å². The van der Waals surface area contributed by atoms with Gasteiger partial charge >= 0.3 is 0 Å². The number of aromatic nitrogens is 1. The molecule has 0 saturated carbocycles. The summed E-state index contributed by atoms with van der Waals surface area (Å²) in [7, 11) is 0. The third kappa shape index (κ3) is 4.65. The number of pyridine rings is 1. The van der Waals surface area contributed by atoms with Gasteiger partial charge in [0.2, 0.25) is 0 Å². The lowest BCUT2D eigenvalue weighted by atomic mass is 10.2. The average molecular weight is 227 g/mol. The molecular weight excluding hydrogens is 212 g/mol. The summed E-state index contributed by atoms with van der Waals surface area (Å²) in [5.74, 6) is 0.486. The van der Waals surface area contributed by atoms with Crippen LogP contribution in [0.2, 0.25) is 5.15 Å². The molecule has 0 spiro atoms. The lowest BCUT2D eigenvalue weighted by molar-refractivity contribution is 0.902. The number of hydrogen-bond donors (Lipinski definition) is 2. The van der Waals surface area contributed by atoms with Gasteiger partial charge in [-0.25, -0.2) is 4.98 Å². The molecule has 0 aliphatic rings. The number of hydrogen-bond acceptors (Lipinski definition) is 2. The second-order valence-corrected chi connectivity index (χ2v) is 3.42. The van der Waals surface area contributed by atoms with Crippen molar-refractivity contribution in [3.63, 3.8) is 0 Å². The average Bonchev–Trinajstić information content (AvgIpc) is 2.21. The first-order valence-corrected chi connectivity index (χ1v) is 5.24. The van der Waals surface area contributed by atoms with Gasteiger partial charge in [0.1, 0.15) is 5.15 Å². The monoisotopic (exact) mass is 226 g/mol. The second-order valence-electron chi connectivity index (χ2n) is 3.04. The Hall–Kier alpha value is -1.29. The molecule has 3 N–H and O–H groups in total. The van der Waals surface area contributed by atoms with Crippen LogP contribution in [-0.2, 0) is 6.42 Å². The zero-order valence-electron chi connectivity index (χ0n) is 8.70. The van der Waals surface area contributed by atoms with Crippen LogP contribution in [-0.4, -0.2) is 24.0 Å². The Kier molecular flexibility index (Phi) is 4.90. The molecule has 1 heterocycles. The molecule has 0 aromatic carbocycles. The zero-order valence-corrected chi connectivity index (χ0v) is 9.46. The molecule has 0 unspecified atom stereocenters. The van der Waals surface area contributed by atoms with E-state index >= 15 is 0 Å². The van der Waals surface area contributed by atoms with Crippen LogP contribution in [0.15, 0.2) is 23.3 Å². The number of rotatable bonds is 4. The highest BCUT2D eigenvalue weighted by Crippen LogP contribution is 2.05. The number of aliphatic imine (C=N–C) groups is 1. The molecule has 0 bridgehead atoms. The summed E-state index contributed by atoms with van der Waals surface area (Å²) < 4.78 is 0. The van der Waals surface area contributed by atoms with Crippen molar-refractivity contribution in [3.8, 4) is 0 Å². The van der Waals surface area contributed by atoms with Crippen molar-refractivity contribution >= 4 is 17.6 Å². The maximum absolute atomic E-state index is 5.67. The predicted molar refractivity (Wildman–Crippen MR) is 63.1 cm³/mol. The van der Waals surface area contributed by atoms with Crippen molar-refractivity contribution in [1.82, 2.24) is 10.3 Å². The zero-order chi connectivity index (χ0) is 11.1. The standard InChI is InChI=1S/C10H15ClN4/c1-2-13-10(12)14-6-5-8-3-4-9(11)15-7-8/h3-4,7H,2,5-6H2,1H3,(H3,12,13,14). The van der Waals surface area contributed by atoms with Gasteiger partial charge in [-0.3, -0.25) is 4.99 Å². The van der Waals surface area contributed by atoms with Gasteiger partial charge < -0.3 is 11.1 Å². The number of guanidine groups is 1. The second kappa shape index (κ2) is 6.24. The Morgan fingerprint density at radius 3 is 3.00 bits per heavy atom. The van der Waals surface area contributed by atoms with Crippen LogP contribution in [0, 0.1) is 0 Å². The minimum atomic E-state index is 0.486. The van der Waals surface area contributed by atoms with E-state index in [0.29, 0.717) is 17.7 Å². The van der Waals surface area contributed by atoms with E-state index in [4.69, 9.17) is 17.3 Å². The van der Waals surface area contributed by atoms with E-state index in [-0.39, 0.29) is 0 Å². The molecule has 0 saturated heterocycles. The number of nitrogens with one attached hydrogen (secondary N) is 1. The fraction of sp³-hybridized carbons (Fsp3) is 0.400. The van der Waals surface area contributed by atoms with Gasteiger partial charge in [-0.15, -0.1) is 0 Å². The minimum Gasteiger partial charge on any atom is -0.370 e. The highest BCUT2D eigenvalue weighted by atomic mass is 35.5. The summed E-state index contributed by atoms with van der Waals surface area (Å²) in [5, 5.41) is 3.44. The van der Waals surface area contributed by atoms with E-state index in [1.54, 1.807) is 12.3 Å². The summed E-state index contributed by atoms with van der Waals surface area (Å²) in [6.45, 7) is 3.42. The van der Waals surface area contributed by atoms with Gasteiger partial charge in [-0.1, -0.05) is 17.7 Å². The van der Waals surface area contributed by atoms with Crippen LogP contribution in [0.3, 0.4) is 0 Å². The van der Waals surface area contributed by atoms with Gasteiger partial charge in [0.25, 0.3) is 0 Å². The molecule has 0 aliphatic carbocycles. The highest BCUT2D eigenvalue weighted by Gasteiger charge is 1.94.